The lowest BCUT2D eigenvalue weighted by atomic mass is 10.1. The molecule has 0 spiro atoms. The first-order valence-electron chi connectivity index (χ1n) is 4.39. The van der Waals surface area contributed by atoms with Crippen LogP contribution in [0.5, 0.6) is 5.75 Å². The average Bonchev–Trinajstić information content (AvgIpc) is 2.16. The van der Waals surface area contributed by atoms with Gasteiger partial charge in [-0.3, -0.25) is 4.79 Å². The largest absolute Gasteiger partial charge is 0.482 e. The number of amides is 1. The minimum absolute atomic E-state index is 0.0899. The molecular weight excluding hydrogens is 178 g/mol. The Labute approximate surface area is 82.4 Å². The summed E-state index contributed by atoms with van der Waals surface area (Å²) < 4.78 is 5.27. The fourth-order valence-corrected chi connectivity index (χ4v) is 1.34. The Morgan fingerprint density at radius 1 is 1.57 bits per heavy atom. The van der Waals surface area contributed by atoms with Crippen molar-refractivity contribution < 1.29 is 9.53 Å². The molecule has 0 aliphatic carbocycles. The molecular formula is C11H11NO2. The molecule has 0 radical (unpaired) electrons. The van der Waals surface area contributed by atoms with E-state index in [1.807, 2.05) is 25.1 Å². The molecule has 0 fully saturated rings. The Balaban J connectivity index is 2.41. The Morgan fingerprint density at radius 2 is 2.36 bits per heavy atom. The molecule has 3 heteroatoms. The van der Waals surface area contributed by atoms with Crippen LogP contribution in [-0.4, -0.2) is 12.5 Å². The summed E-state index contributed by atoms with van der Waals surface area (Å²) in [5, 5.41) is 2.73. The van der Waals surface area contributed by atoms with Crippen LogP contribution in [0.4, 0.5) is 5.69 Å². The number of hydrogen-bond acceptors (Lipinski definition) is 2. The first-order valence-corrected chi connectivity index (χ1v) is 4.39. The maximum Gasteiger partial charge on any atom is 0.262 e. The first kappa shape index (κ1) is 8.81. The smallest absolute Gasteiger partial charge is 0.262 e. The predicted molar refractivity (Wildman–Crippen MR) is 55.3 cm³/mol. The molecule has 1 amide bonds. The maximum absolute atomic E-state index is 11.0. The summed E-state index contributed by atoms with van der Waals surface area (Å²) in [5.41, 5.74) is 2.74. The molecule has 1 aliphatic rings. The van der Waals surface area contributed by atoms with Crippen LogP contribution in [0.15, 0.2) is 24.8 Å². The second-order valence-corrected chi connectivity index (χ2v) is 3.33. The number of benzene rings is 1. The summed E-state index contributed by atoms with van der Waals surface area (Å²) in [6, 6.07) is 5.63. The van der Waals surface area contributed by atoms with E-state index in [2.05, 4.69) is 11.9 Å². The van der Waals surface area contributed by atoms with E-state index in [1.54, 1.807) is 0 Å². The van der Waals surface area contributed by atoms with E-state index >= 15 is 0 Å². The highest BCUT2D eigenvalue weighted by atomic mass is 16.5. The van der Waals surface area contributed by atoms with Crippen LogP contribution >= 0.6 is 0 Å². The van der Waals surface area contributed by atoms with Crippen LogP contribution in [0.25, 0.3) is 5.57 Å². The van der Waals surface area contributed by atoms with E-state index in [1.165, 1.54) is 0 Å². The van der Waals surface area contributed by atoms with Gasteiger partial charge in [-0.2, -0.15) is 0 Å². The van der Waals surface area contributed by atoms with E-state index in [0.717, 1.165) is 16.8 Å². The fraction of sp³-hybridized carbons (Fsp3) is 0.182. The molecule has 1 aliphatic heterocycles. The van der Waals surface area contributed by atoms with Crippen molar-refractivity contribution in [3.8, 4) is 5.75 Å². The molecule has 72 valence electrons. The van der Waals surface area contributed by atoms with Crippen molar-refractivity contribution in [2.45, 2.75) is 6.92 Å². The maximum atomic E-state index is 11.0. The van der Waals surface area contributed by atoms with Crippen molar-refractivity contribution in [1.29, 1.82) is 0 Å². The second kappa shape index (κ2) is 3.18. The molecule has 0 atom stereocenters. The molecule has 0 aromatic heterocycles. The highest BCUT2D eigenvalue weighted by molar-refractivity contribution is 5.95. The quantitative estimate of drug-likeness (QED) is 0.734. The zero-order valence-corrected chi connectivity index (χ0v) is 7.96. The topological polar surface area (TPSA) is 38.3 Å². The summed E-state index contributed by atoms with van der Waals surface area (Å²) >= 11 is 0. The van der Waals surface area contributed by atoms with Gasteiger partial charge in [-0.1, -0.05) is 18.2 Å². The van der Waals surface area contributed by atoms with Gasteiger partial charge in [-0.25, -0.2) is 0 Å². The number of rotatable bonds is 1. The van der Waals surface area contributed by atoms with Gasteiger partial charge in [0.25, 0.3) is 5.91 Å². The third kappa shape index (κ3) is 1.48. The Morgan fingerprint density at radius 3 is 3.07 bits per heavy atom. The summed E-state index contributed by atoms with van der Waals surface area (Å²) in [6.07, 6.45) is 0. The molecule has 0 unspecified atom stereocenters. The number of allylic oxidation sites excluding steroid dienone is 1. The fourth-order valence-electron chi connectivity index (χ4n) is 1.34. The van der Waals surface area contributed by atoms with Crippen LogP contribution in [0.2, 0.25) is 0 Å². The molecule has 0 bridgehead atoms. The van der Waals surface area contributed by atoms with Crippen molar-refractivity contribution >= 4 is 17.2 Å². The predicted octanol–water partition coefficient (Wildman–Crippen LogP) is 2.05. The van der Waals surface area contributed by atoms with Crippen LogP contribution in [0.3, 0.4) is 0 Å². The SMILES string of the molecule is C=C(C)c1ccc2c(c1)OCC(=O)N2. The number of carbonyl (C=O) groups excluding carboxylic acids is 1. The zero-order chi connectivity index (χ0) is 10.1. The molecule has 1 heterocycles. The number of anilines is 1. The highest BCUT2D eigenvalue weighted by Crippen LogP contribution is 2.30. The van der Waals surface area contributed by atoms with E-state index in [-0.39, 0.29) is 12.5 Å². The van der Waals surface area contributed by atoms with E-state index in [9.17, 15) is 4.79 Å². The molecule has 1 N–H and O–H groups in total. The zero-order valence-electron chi connectivity index (χ0n) is 7.96. The molecule has 1 aromatic rings. The Kier molecular flexibility index (Phi) is 2.00. The lowest BCUT2D eigenvalue weighted by Crippen LogP contribution is -2.25. The van der Waals surface area contributed by atoms with Crippen LogP contribution in [0, 0.1) is 0 Å². The average molecular weight is 189 g/mol. The van der Waals surface area contributed by atoms with Crippen LogP contribution in [-0.2, 0) is 4.79 Å². The van der Waals surface area contributed by atoms with Crippen LogP contribution in [0.1, 0.15) is 12.5 Å². The molecule has 0 saturated heterocycles. The summed E-state index contributed by atoms with van der Waals surface area (Å²) in [4.78, 5) is 11.0. The monoisotopic (exact) mass is 189 g/mol. The van der Waals surface area contributed by atoms with Gasteiger partial charge < -0.3 is 10.1 Å². The first-order chi connectivity index (χ1) is 6.66. The lowest BCUT2D eigenvalue weighted by Gasteiger charge is -2.18. The molecule has 0 saturated carbocycles. The van der Waals surface area contributed by atoms with Gasteiger partial charge in [-0.05, 0) is 24.6 Å². The third-order valence-corrected chi connectivity index (χ3v) is 2.11. The van der Waals surface area contributed by atoms with Crippen molar-refractivity contribution in [1.82, 2.24) is 0 Å². The third-order valence-electron chi connectivity index (χ3n) is 2.11. The van der Waals surface area contributed by atoms with Crippen molar-refractivity contribution in [3.05, 3.63) is 30.3 Å². The minimum Gasteiger partial charge on any atom is -0.482 e. The molecule has 14 heavy (non-hydrogen) atoms. The van der Waals surface area contributed by atoms with Gasteiger partial charge >= 0.3 is 0 Å². The van der Waals surface area contributed by atoms with Crippen molar-refractivity contribution in [2.24, 2.45) is 0 Å². The van der Waals surface area contributed by atoms with E-state index in [4.69, 9.17) is 4.74 Å². The van der Waals surface area contributed by atoms with Gasteiger partial charge in [0.1, 0.15) is 5.75 Å². The number of ether oxygens (including phenoxy) is 1. The van der Waals surface area contributed by atoms with Gasteiger partial charge in [-0.15, -0.1) is 0 Å². The van der Waals surface area contributed by atoms with Crippen molar-refractivity contribution in [2.75, 3.05) is 11.9 Å². The standard InChI is InChI=1S/C11H11NO2/c1-7(2)8-3-4-9-10(5-8)14-6-11(13)12-9/h3-5H,1,6H2,2H3,(H,12,13). The van der Waals surface area contributed by atoms with Gasteiger partial charge in [0.05, 0.1) is 5.69 Å². The number of nitrogens with one attached hydrogen (secondary N) is 1. The summed E-state index contributed by atoms with van der Waals surface area (Å²) in [5.74, 6) is 0.602. The second-order valence-electron chi connectivity index (χ2n) is 3.33. The van der Waals surface area contributed by atoms with Gasteiger partial charge in [0, 0.05) is 0 Å². The normalized spacial score (nSPS) is 13.9. The Bertz CT molecular complexity index is 410. The molecule has 3 nitrogen and oxygen atoms in total. The molecule has 2 rings (SSSR count). The number of fused-ring (bicyclic) bond motifs is 1. The number of carbonyl (C=O) groups is 1. The van der Waals surface area contributed by atoms with E-state index in [0.29, 0.717) is 5.75 Å². The summed E-state index contributed by atoms with van der Waals surface area (Å²) in [7, 11) is 0. The Hall–Kier alpha value is -1.77. The van der Waals surface area contributed by atoms with Gasteiger partial charge in [0.15, 0.2) is 6.61 Å². The van der Waals surface area contributed by atoms with Crippen molar-refractivity contribution in [3.63, 3.8) is 0 Å². The summed E-state index contributed by atoms with van der Waals surface area (Å²) in [6.45, 7) is 5.87. The minimum atomic E-state index is -0.111. The number of hydrogen-bond donors (Lipinski definition) is 1. The highest BCUT2D eigenvalue weighted by Gasteiger charge is 2.15. The van der Waals surface area contributed by atoms with E-state index < -0.39 is 0 Å². The molecule has 1 aromatic carbocycles. The lowest BCUT2D eigenvalue weighted by molar-refractivity contribution is -0.118. The van der Waals surface area contributed by atoms with Gasteiger partial charge in [0.2, 0.25) is 0 Å². The van der Waals surface area contributed by atoms with Crippen LogP contribution < -0.4 is 10.1 Å².